The van der Waals surface area contributed by atoms with Gasteiger partial charge in [-0.15, -0.1) is 0 Å². The number of hydrogen-bond donors (Lipinski definition) is 0. The number of hydrogen-bond acceptors (Lipinski definition) is 5. The fraction of sp³-hybridized carbons (Fsp3) is 0.357. The maximum Gasteiger partial charge on any atom is 0.262 e. The summed E-state index contributed by atoms with van der Waals surface area (Å²) < 4.78 is 38.7. The van der Waals surface area contributed by atoms with Gasteiger partial charge in [0.2, 0.25) is 0 Å². The molecule has 0 radical (unpaired) electrons. The lowest BCUT2D eigenvalue weighted by molar-refractivity contribution is -0.116. The number of carbonyl (C=O) groups excluding carboxylic acids is 1. The van der Waals surface area contributed by atoms with Gasteiger partial charge in [-0.1, -0.05) is 27.7 Å². The molecule has 2 aliphatic heterocycles. The second-order valence-corrected chi connectivity index (χ2v) is 9.67. The SMILES string of the molecule is N#CCC(=O)N=C1S[C@@H]2CS(=O)(=O)C[C@@H]2N1c1ccc(Br)cc1F. The van der Waals surface area contributed by atoms with Gasteiger partial charge in [0, 0.05) is 9.72 Å². The second kappa shape index (κ2) is 6.46. The Balaban J connectivity index is 2.05. The largest absolute Gasteiger partial charge is 0.313 e. The normalized spacial score (nSPS) is 26.4. The molecule has 2 saturated heterocycles. The number of amidine groups is 1. The first-order valence-corrected chi connectivity index (χ1v) is 10.4. The van der Waals surface area contributed by atoms with Gasteiger partial charge in [0.05, 0.1) is 29.3 Å². The molecule has 2 atom stereocenters. The summed E-state index contributed by atoms with van der Waals surface area (Å²) >= 11 is 4.32. The monoisotopic (exact) mass is 431 g/mol. The van der Waals surface area contributed by atoms with Crippen LogP contribution in [-0.4, -0.2) is 42.3 Å². The minimum atomic E-state index is -3.22. The minimum Gasteiger partial charge on any atom is -0.313 e. The molecule has 1 amide bonds. The van der Waals surface area contributed by atoms with E-state index in [2.05, 4.69) is 20.9 Å². The molecular formula is C14H11BrFN3O3S2. The van der Waals surface area contributed by atoms with Crippen molar-refractivity contribution in [3.63, 3.8) is 0 Å². The lowest BCUT2D eigenvalue weighted by Gasteiger charge is -2.25. The van der Waals surface area contributed by atoms with E-state index in [0.29, 0.717) is 4.47 Å². The number of carbonyl (C=O) groups is 1. The Kier molecular flexibility index (Phi) is 4.68. The zero-order valence-electron chi connectivity index (χ0n) is 12.1. The third kappa shape index (κ3) is 3.34. The van der Waals surface area contributed by atoms with Crippen LogP contribution in [0.5, 0.6) is 0 Å². The lowest BCUT2D eigenvalue weighted by atomic mass is 10.2. The number of sulfone groups is 1. The second-order valence-electron chi connectivity index (χ2n) is 5.39. The molecular weight excluding hydrogens is 421 g/mol. The van der Waals surface area contributed by atoms with Gasteiger partial charge in [0.15, 0.2) is 15.0 Å². The minimum absolute atomic E-state index is 0.0392. The van der Waals surface area contributed by atoms with Crippen LogP contribution in [0.3, 0.4) is 0 Å². The molecule has 0 saturated carbocycles. The van der Waals surface area contributed by atoms with E-state index in [0.717, 1.165) is 11.8 Å². The van der Waals surface area contributed by atoms with Crippen molar-refractivity contribution in [1.29, 1.82) is 5.26 Å². The van der Waals surface area contributed by atoms with Crippen molar-refractivity contribution in [2.75, 3.05) is 16.4 Å². The molecule has 0 bridgehead atoms. The number of nitrogens with zero attached hydrogens (tertiary/aromatic N) is 3. The highest BCUT2D eigenvalue weighted by molar-refractivity contribution is 9.10. The summed E-state index contributed by atoms with van der Waals surface area (Å²) in [4.78, 5) is 17.0. The number of anilines is 1. The summed E-state index contributed by atoms with van der Waals surface area (Å²) in [7, 11) is -3.22. The molecule has 6 nitrogen and oxygen atoms in total. The van der Waals surface area contributed by atoms with Crippen LogP contribution >= 0.6 is 27.7 Å². The average Bonchev–Trinajstić information content (AvgIpc) is 2.91. The third-order valence-corrected chi connectivity index (χ3v) is 7.39. The number of rotatable bonds is 2. The van der Waals surface area contributed by atoms with Gasteiger partial charge in [-0.25, -0.2) is 12.8 Å². The van der Waals surface area contributed by atoms with Crippen LogP contribution in [0.4, 0.5) is 10.1 Å². The third-order valence-electron chi connectivity index (χ3n) is 3.69. The highest BCUT2D eigenvalue weighted by Gasteiger charge is 2.49. The maximum atomic E-state index is 14.4. The van der Waals surface area contributed by atoms with Gasteiger partial charge in [-0.3, -0.25) is 4.79 Å². The van der Waals surface area contributed by atoms with Crippen molar-refractivity contribution >= 4 is 54.3 Å². The highest BCUT2D eigenvalue weighted by Crippen LogP contribution is 2.42. The standard InChI is InChI=1S/C14H11BrFN3O3S2/c15-8-1-2-10(9(16)5-8)19-11-6-24(21,22)7-12(11)23-14(19)18-13(20)3-4-17/h1-2,5,11-12H,3,6-7H2/t11-,12+/m0/s1. The molecule has 0 spiro atoms. The van der Waals surface area contributed by atoms with Crippen molar-refractivity contribution < 1.29 is 17.6 Å². The Morgan fingerprint density at radius 1 is 1.50 bits per heavy atom. The first-order valence-electron chi connectivity index (χ1n) is 6.90. The molecule has 1 aromatic rings. The predicted octanol–water partition coefficient (Wildman–Crippen LogP) is 2.10. The molecule has 2 aliphatic rings. The van der Waals surface area contributed by atoms with E-state index in [1.807, 2.05) is 0 Å². The molecule has 10 heteroatoms. The van der Waals surface area contributed by atoms with Crippen LogP contribution in [0.2, 0.25) is 0 Å². The molecule has 2 fully saturated rings. The van der Waals surface area contributed by atoms with Crippen LogP contribution in [0.25, 0.3) is 0 Å². The lowest BCUT2D eigenvalue weighted by Crippen LogP contribution is -2.38. The van der Waals surface area contributed by atoms with E-state index in [1.54, 1.807) is 12.1 Å². The Labute approximate surface area is 150 Å². The summed E-state index contributed by atoms with van der Waals surface area (Å²) in [5, 5.41) is 8.52. The fourth-order valence-corrected chi connectivity index (χ4v) is 6.99. The van der Waals surface area contributed by atoms with Gasteiger partial charge in [0.1, 0.15) is 12.2 Å². The number of benzene rings is 1. The summed E-state index contributed by atoms with van der Waals surface area (Å²) in [5.74, 6) is -1.34. The summed E-state index contributed by atoms with van der Waals surface area (Å²) in [6.45, 7) is 0. The van der Waals surface area contributed by atoms with E-state index in [9.17, 15) is 17.6 Å². The van der Waals surface area contributed by atoms with Gasteiger partial charge in [0.25, 0.3) is 5.91 Å². The van der Waals surface area contributed by atoms with Gasteiger partial charge < -0.3 is 4.90 Å². The molecule has 1 aromatic carbocycles. The van der Waals surface area contributed by atoms with Crippen molar-refractivity contribution in [2.45, 2.75) is 17.7 Å². The van der Waals surface area contributed by atoms with E-state index in [1.165, 1.54) is 17.0 Å². The van der Waals surface area contributed by atoms with E-state index in [4.69, 9.17) is 5.26 Å². The Morgan fingerprint density at radius 3 is 2.92 bits per heavy atom. The number of thioether (sulfide) groups is 1. The molecule has 126 valence electrons. The predicted molar refractivity (Wildman–Crippen MR) is 93.1 cm³/mol. The van der Waals surface area contributed by atoms with Crippen LogP contribution in [0, 0.1) is 17.1 Å². The van der Waals surface area contributed by atoms with Crippen molar-refractivity contribution in [3.8, 4) is 6.07 Å². The van der Waals surface area contributed by atoms with Crippen molar-refractivity contribution in [2.24, 2.45) is 4.99 Å². The molecule has 0 unspecified atom stereocenters. The van der Waals surface area contributed by atoms with Crippen LogP contribution < -0.4 is 4.90 Å². The molecule has 2 heterocycles. The van der Waals surface area contributed by atoms with Crippen LogP contribution in [-0.2, 0) is 14.6 Å². The Morgan fingerprint density at radius 2 is 2.25 bits per heavy atom. The quantitative estimate of drug-likeness (QED) is 0.711. The van der Waals surface area contributed by atoms with E-state index >= 15 is 0 Å². The Bertz CT molecular complexity index is 882. The molecule has 0 N–H and O–H groups in total. The fourth-order valence-electron chi connectivity index (χ4n) is 2.74. The first-order chi connectivity index (χ1) is 11.3. The van der Waals surface area contributed by atoms with Crippen LogP contribution in [0.1, 0.15) is 6.42 Å². The van der Waals surface area contributed by atoms with Gasteiger partial charge in [-0.2, -0.15) is 10.3 Å². The highest BCUT2D eigenvalue weighted by atomic mass is 79.9. The molecule has 0 aliphatic carbocycles. The first kappa shape index (κ1) is 17.4. The van der Waals surface area contributed by atoms with Crippen molar-refractivity contribution in [1.82, 2.24) is 0 Å². The smallest absolute Gasteiger partial charge is 0.262 e. The average molecular weight is 432 g/mol. The van der Waals surface area contributed by atoms with Crippen molar-refractivity contribution in [3.05, 3.63) is 28.5 Å². The zero-order valence-corrected chi connectivity index (χ0v) is 15.4. The van der Waals surface area contributed by atoms with Gasteiger partial charge in [-0.05, 0) is 18.2 Å². The number of fused-ring (bicyclic) bond motifs is 1. The maximum absolute atomic E-state index is 14.4. The van der Waals surface area contributed by atoms with Gasteiger partial charge >= 0.3 is 0 Å². The number of nitriles is 1. The number of halogens is 2. The zero-order chi connectivity index (χ0) is 17.5. The topological polar surface area (TPSA) is 90.6 Å². The van der Waals surface area contributed by atoms with E-state index < -0.39 is 27.6 Å². The van der Waals surface area contributed by atoms with Crippen LogP contribution in [0.15, 0.2) is 27.7 Å². The number of amides is 1. The Hall–Kier alpha value is -1.44. The summed E-state index contributed by atoms with van der Waals surface area (Å²) in [5.41, 5.74) is 0.166. The summed E-state index contributed by atoms with van der Waals surface area (Å²) in [6.07, 6.45) is -0.381. The number of aliphatic imine (C=N–C) groups is 1. The summed E-state index contributed by atoms with van der Waals surface area (Å²) in [6, 6.07) is 5.65. The molecule has 24 heavy (non-hydrogen) atoms. The van der Waals surface area contributed by atoms with E-state index in [-0.39, 0.29) is 34.0 Å². The molecule has 0 aromatic heterocycles. The molecule has 3 rings (SSSR count).